The van der Waals surface area contributed by atoms with Crippen LogP contribution in [0.3, 0.4) is 0 Å². The van der Waals surface area contributed by atoms with E-state index in [9.17, 15) is 24.3 Å². The maximum atomic E-state index is 12.6. The maximum Gasteiger partial charge on any atom is 0.326 e. The van der Waals surface area contributed by atoms with Crippen molar-refractivity contribution in [1.82, 2.24) is 16.0 Å². The normalized spacial score (nSPS) is 13.6. The van der Waals surface area contributed by atoms with Crippen molar-refractivity contribution in [1.29, 1.82) is 0 Å². The van der Waals surface area contributed by atoms with E-state index < -0.39 is 55.0 Å². The predicted octanol–water partition coefficient (Wildman–Crippen LogP) is -1.53. The van der Waals surface area contributed by atoms with Crippen molar-refractivity contribution in [2.75, 3.05) is 25.2 Å². The fraction of sp³-hybridized carbons (Fsp3) is 0.474. The van der Waals surface area contributed by atoms with Crippen molar-refractivity contribution in [2.45, 2.75) is 31.0 Å². The molecule has 0 saturated heterocycles. The number of amides is 3. The van der Waals surface area contributed by atoms with Gasteiger partial charge in [0.15, 0.2) is 0 Å². The number of hydrogen-bond acceptors (Lipinski definition) is 7. The Labute approximate surface area is 179 Å². The molecular weight excluding hydrogens is 412 g/mol. The van der Waals surface area contributed by atoms with Gasteiger partial charge in [-0.25, -0.2) is 4.79 Å². The monoisotopic (exact) mass is 440 g/mol. The highest BCUT2D eigenvalue weighted by molar-refractivity contribution is 7.98. The second kappa shape index (κ2) is 13.6. The van der Waals surface area contributed by atoms with E-state index >= 15 is 0 Å². The average molecular weight is 441 g/mol. The third kappa shape index (κ3) is 9.25. The summed E-state index contributed by atoms with van der Waals surface area (Å²) in [4.78, 5) is 47.9. The molecule has 0 saturated carbocycles. The van der Waals surface area contributed by atoms with Gasteiger partial charge >= 0.3 is 5.97 Å². The smallest absolute Gasteiger partial charge is 0.326 e. The lowest BCUT2D eigenvalue weighted by atomic mass is 10.1. The lowest BCUT2D eigenvalue weighted by molar-refractivity contribution is -0.142. The number of rotatable bonds is 13. The van der Waals surface area contributed by atoms with Crippen LogP contribution in [0.5, 0.6) is 0 Å². The zero-order chi connectivity index (χ0) is 22.5. The molecule has 0 spiro atoms. The number of aliphatic hydroxyl groups excluding tert-OH is 1. The molecule has 11 heteroatoms. The first-order valence-electron chi connectivity index (χ1n) is 9.28. The molecule has 3 atom stereocenters. The van der Waals surface area contributed by atoms with E-state index in [2.05, 4.69) is 16.0 Å². The minimum absolute atomic E-state index is 0.0974. The van der Waals surface area contributed by atoms with Crippen molar-refractivity contribution in [2.24, 2.45) is 5.73 Å². The highest BCUT2D eigenvalue weighted by atomic mass is 32.2. The minimum Gasteiger partial charge on any atom is -0.480 e. The van der Waals surface area contributed by atoms with Crippen molar-refractivity contribution >= 4 is 35.5 Å². The molecule has 0 aliphatic rings. The molecule has 3 amide bonds. The summed E-state index contributed by atoms with van der Waals surface area (Å²) < 4.78 is 0. The lowest BCUT2D eigenvalue weighted by Gasteiger charge is -2.21. The van der Waals surface area contributed by atoms with Crippen molar-refractivity contribution in [3.05, 3.63) is 35.9 Å². The number of carbonyl (C=O) groups excluding carboxylic acids is 3. The third-order valence-corrected chi connectivity index (χ3v) is 4.76. The molecule has 7 N–H and O–H groups in total. The van der Waals surface area contributed by atoms with Crippen LogP contribution in [-0.4, -0.2) is 77.2 Å². The Morgan fingerprint density at radius 1 is 1.07 bits per heavy atom. The van der Waals surface area contributed by atoms with Gasteiger partial charge in [-0.3, -0.25) is 14.4 Å². The van der Waals surface area contributed by atoms with Crippen LogP contribution in [0.15, 0.2) is 30.3 Å². The Bertz CT molecular complexity index is 718. The summed E-state index contributed by atoms with van der Waals surface area (Å²) in [6.45, 7) is -0.994. The van der Waals surface area contributed by atoms with Crippen LogP contribution in [0, 0.1) is 0 Å². The number of carbonyl (C=O) groups is 4. The van der Waals surface area contributed by atoms with Crippen LogP contribution >= 0.6 is 11.8 Å². The summed E-state index contributed by atoms with van der Waals surface area (Å²) in [7, 11) is 0. The second-order valence-electron chi connectivity index (χ2n) is 6.50. The molecule has 0 heterocycles. The van der Waals surface area contributed by atoms with E-state index in [0.717, 1.165) is 5.56 Å². The van der Waals surface area contributed by atoms with E-state index in [0.29, 0.717) is 5.75 Å². The van der Waals surface area contributed by atoms with Gasteiger partial charge in [0.1, 0.15) is 18.1 Å². The SMILES string of the molecule is CSCCC(NC(=O)CNC(=O)C(N)CO)C(=O)NC(Cc1ccccc1)C(=O)O. The summed E-state index contributed by atoms with van der Waals surface area (Å²) in [6.07, 6.45) is 2.21. The number of nitrogens with one attached hydrogen (secondary N) is 3. The molecule has 10 nitrogen and oxygen atoms in total. The van der Waals surface area contributed by atoms with Gasteiger partial charge in [0.25, 0.3) is 0 Å². The Balaban J connectivity index is 2.72. The standard InChI is InChI=1S/C19H28N4O6S/c1-30-8-7-14(22-16(25)10-21-17(26)13(20)11-24)18(27)23-15(19(28)29)9-12-5-3-2-4-6-12/h2-6,13-15,24H,7-11,20H2,1H3,(H,21,26)(H,22,25)(H,23,27)(H,28,29). The van der Waals surface area contributed by atoms with Crippen LogP contribution in [0.1, 0.15) is 12.0 Å². The van der Waals surface area contributed by atoms with Crippen LogP contribution in [-0.2, 0) is 25.6 Å². The summed E-state index contributed by atoms with van der Waals surface area (Å²) in [5.41, 5.74) is 6.10. The zero-order valence-electron chi connectivity index (χ0n) is 16.7. The maximum absolute atomic E-state index is 12.6. The summed E-state index contributed by atoms with van der Waals surface area (Å²) in [6, 6.07) is 5.59. The Morgan fingerprint density at radius 3 is 2.30 bits per heavy atom. The van der Waals surface area contributed by atoms with Crippen molar-refractivity contribution < 1.29 is 29.4 Å². The topological polar surface area (TPSA) is 171 Å². The first kappa shape index (κ1) is 25.4. The van der Waals surface area contributed by atoms with Gasteiger partial charge in [-0.05, 0) is 24.0 Å². The van der Waals surface area contributed by atoms with E-state index in [4.69, 9.17) is 10.8 Å². The van der Waals surface area contributed by atoms with Crippen molar-refractivity contribution in [3.8, 4) is 0 Å². The number of aliphatic hydroxyl groups is 1. The van der Waals surface area contributed by atoms with Gasteiger partial charge in [-0.2, -0.15) is 11.8 Å². The zero-order valence-corrected chi connectivity index (χ0v) is 17.5. The Morgan fingerprint density at radius 2 is 1.73 bits per heavy atom. The van der Waals surface area contributed by atoms with Crippen LogP contribution in [0.4, 0.5) is 0 Å². The van der Waals surface area contributed by atoms with Crippen molar-refractivity contribution in [3.63, 3.8) is 0 Å². The van der Waals surface area contributed by atoms with E-state index in [1.165, 1.54) is 11.8 Å². The summed E-state index contributed by atoms with van der Waals surface area (Å²) in [5.74, 6) is -2.60. The molecular formula is C19H28N4O6S. The molecule has 166 valence electrons. The molecule has 0 aliphatic carbocycles. The van der Waals surface area contributed by atoms with E-state index in [1.807, 2.05) is 6.26 Å². The van der Waals surface area contributed by atoms with Gasteiger partial charge in [0.2, 0.25) is 17.7 Å². The Hall–Kier alpha value is -2.63. The number of carboxylic acids is 1. The molecule has 30 heavy (non-hydrogen) atoms. The molecule has 0 bridgehead atoms. The number of nitrogens with two attached hydrogens (primary N) is 1. The highest BCUT2D eigenvalue weighted by Crippen LogP contribution is 2.06. The molecule has 0 fully saturated rings. The predicted molar refractivity (Wildman–Crippen MR) is 113 cm³/mol. The minimum atomic E-state index is -1.19. The molecule has 1 rings (SSSR count). The third-order valence-electron chi connectivity index (χ3n) is 4.12. The molecule has 0 aromatic heterocycles. The molecule has 1 aromatic rings. The fourth-order valence-electron chi connectivity index (χ4n) is 2.45. The largest absolute Gasteiger partial charge is 0.480 e. The molecule has 1 aromatic carbocycles. The van der Waals surface area contributed by atoms with Crippen LogP contribution in [0.2, 0.25) is 0 Å². The number of carboxylic acid groups (broad SMARTS) is 1. The first-order valence-corrected chi connectivity index (χ1v) is 10.7. The van der Waals surface area contributed by atoms with Gasteiger partial charge in [-0.15, -0.1) is 0 Å². The van der Waals surface area contributed by atoms with E-state index in [1.54, 1.807) is 30.3 Å². The van der Waals surface area contributed by atoms with E-state index in [-0.39, 0.29) is 12.8 Å². The second-order valence-corrected chi connectivity index (χ2v) is 7.48. The average Bonchev–Trinajstić information content (AvgIpc) is 2.74. The summed E-state index contributed by atoms with van der Waals surface area (Å²) >= 11 is 1.47. The number of thioether (sulfide) groups is 1. The van der Waals surface area contributed by atoms with Gasteiger partial charge in [0.05, 0.1) is 13.2 Å². The number of aliphatic carboxylic acids is 1. The molecule has 0 aliphatic heterocycles. The highest BCUT2D eigenvalue weighted by Gasteiger charge is 2.26. The van der Waals surface area contributed by atoms with Gasteiger partial charge < -0.3 is 31.9 Å². The quantitative estimate of drug-likeness (QED) is 0.214. The molecule has 3 unspecified atom stereocenters. The summed E-state index contributed by atoms with van der Waals surface area (Å²) in [5, 5.41) is 25.5. The van der Waals surface area contributed by atoms with Crippen LogP contribution < -0.4 is 21.7 Å². The molecule has 0 radical (unpaired) electrons. The number of benzene rings is 1. The van der Waals surface area contributed by atoms with Crippen LogP contribution in [0.25, 0.3) is 0 Å². The van der Waals surface area contributed by atoms with Gasteiger partial charge in [-0.1, -0.05) is 30.3 Å². The fourth-order valence-corrected chi connectivity index (χ4v) is 2.92. The first-order chi connectivity index (χ1) is 14.3. The van der Waals surface area contributed by atoms with Gasteiger partial charge in [0, 0.05) is 6.42 Å². The number of hydrogen-bond donors (Lipinski definition) is 6. The Kier molecular flexibility index (Phi) is 11.5. The lowest BCUT2D eigenvalue weighted by Crippen LogP contribution is -2.54.